The van der Waals surface area contributed by atoms with E-state index in [1.165, 1.54) is 5.56 Å². The van der Waals surface area contributed by atoms with Crippen LogP contribution in [0.3, 0.4) is 0 Å². The van der Waals surface area contributed by atoms with Crippen molar-refractivity contribution in [3.8, 4) is 5.75 Å². The fourth-order valence-electron chi connectivity index (χ4n) is 2.05. The highest BCUT2D eigenvalue weighted by Crippen LogP contribution is 2.30. The molecule has 0 radical (unpaired) electrons. The van der Waals surface area contributed by atoms with Crippen LogP contribution in [0.25, 0.3) is 0 Å². The summed E-state index contributed by atoms with van der Waals surface area (Å²) in [6.45, 7) is 4.69. The van der Waals surface area contributed by atoms with Crippen molar-refractivity contribution in [3.63, 3.8) is 0 Å². The maximum Gasteiger partial charge on any atom is 0.124 e. The summed E-state index contributed by atoms with van der Waals surface area (Å²) in [7, 11) is 0. The smallest absolute Gasteiger partial charge is 0.124 e. The topological polar surface area (TPSA) is 35.2 Å². The van der Waals surface area contributed by atoms with Gasteiger partial charge in [-0.1, -0.05) is 45.8 Å². The van der Waals surface area contributed by atoms with Crippen molar-refractivity contribution in [2.75, 3.05) is 6.61 Å². The van der Waals surface area contributed by atoms with Crippen molar-refractivity contribution in [1.29, 1.82) is 0 Å². The zero-order valence-corrected chi connectivity index (χ0v) is 12.8. The minimum absolute atomic E-state index is 0.172. The molecule has 3 heteroatoms. The summed E-state index contributed by atoms with van der Waals surface area (Å²) in [6.07, 6.45) is 0. The van der Waals surface area contributed by atoms with E-state index in [4.69, 9.17) is 10.5 Å². The Morgan fingerprint density at radius 3 is 2.47 bits per heavy atom. The average Bonchev–Trinajstić information content (AvgIpc) is 2.41. The van der Waals surface area contributed by atoms with Crippen LogP contribution < -0.4 is 10.5 Å². The average molecular weight is 320 g/mol. The minimum atomic E-state index is -0.172. The van der Waals surface area contributed by atoms with Crippen LogP contribution in [0.15, 0.2) is 46.9 Å². The molecule has 0 aliphatic rings. The highest BCUT2D eigenvalue weighted by molar-refractivity contribution is 9.10. The van der Waals surface area contributed by atoms with E-state index in [2.05, 4.69) is 28.9 Å². The molecule has 2 aromatic rings. The molecule has 2 nitrogen and oxygen atoms in total. The maximum absolute atomic E-state index is 6.37. The monoisotopic (exact) mass is 319 g/mol. The van der Waals surface area contributed by atoms with Gasteiger partial charge in [-0.2, -0.15) is 0 Å². The number of ether oxygens (including phenoxy) is 1. The molecule has 19 heavy (non-hydrogen) atoms. The lowest BCUT2D eigenvalue weighted by Crippen LogP contribution is -2.13. The number of nitrogens with two attached hydrogens (primary N) is 1. The molecule has 0 spiro atoms. The van der Waals surface area contributed by atoms with Crippen molar-refractivity contribution in [3.05, 3.63) is 63.6 Å². The van der Waals surface area contributed by atoms with Gasteiger partial charge in [-0.3, -0.25) is 0 Å². The van der Waals surface area contributed by atoms with Gasteiger partial charge in [-0.15, -0.1) is 0 Å². The molecule has 0 aromatic heterocycles. The summed E-state index contributed by atoms with van der Waals surface area (Å²) in [4.78, 5) is 0. The summed E-state index contributed by atoms with van der Waals surface area (Å²) in [5.41, 5.74) is 9.67. The maximum atomic E-state index is 6.37. The third-order valence-electron chi connectivity index (χ3n) is 3.03. The highest BCUT2D eigenvalue weighted by Gasteiger charge is 2.14. The van der Waals surface area contributed by atoms with E-state index in [-0.39, 0.29) is 6.04 Å². The molecule has 0 saturated carbocycles. The summed E-state index contributed by atoms with van der Waals surface area (Å²) in [5, 5.41) is 0. The van der Waals surface area contributed by atoms with Gasteiger partial charge in [0.15, 0.2) is 0 Å². The number of aryl methyl sites for hydroxylation is 1. The van der Waals surface area contributed by atoms with Crippen LogP contribution in [0.2, 0.25) is 0 Å². The number of benzene rings is 2. The molecular weight excluding hydrogens is 302 g/mol. The van der Waals surface area contributed by atoms with Crippen molar-refractivity contribution >= 4 is 15.9 Å². The number of hydrogen-bond donors (Lipinski definition) is 1. The van der Waals surface area contributed by atoms with E-state index in [0.29, 0.717) is 6.61 Å². The molecule has 1 atom stereocenters. The van der Waals surface area contributed by atoms with Crippen LogP contribution in [0.5, 0.6) is 5.75 Å². The first-order chi connectivity index (χ1) is 9.11. The molecule has 0 fully saturated rings. The zero-order chi connectivity index (χ0) is 13.8. The Hall–Kier alpha value is -1.32. The quantitative estimate of drug-likeness (QED) is 0.916. The number of hydrogen-bond acceptors (Lipinski definition) is 2. The predicted octanol–water partition coefficient (Wildman–Crippen LogP) is 4.20. The highest BCUT2D eigenvalue weighted by atomic mass is 79.9. The second kappa shape index (κ2) is 6.22. The van der Waals surface area contributed by atoms with Crippen molar-refractivity contribution < 1.29 is 4.74 Å². The number of rotatable bonds is 4. The van der Waals surface area contributed by atoms with Crippen LogP contribution in [-0.4, -0.2) is 6.61 Å². The SMILES string of the molecule is CCOc1ccc(C)cc1C(N)c1ccc(Br)cc1. The van der Waals surface area contributed by atoms with Crippen LogP contribution in [0.4, 0.5) is 0 Å². The van der Waals surface area contributed by atoms with Crippen LogP contribution in [0, 0.1) is 6.92 Å². The third-order valence-corrected chi connectivity index (χ3v) is 3.56. The first kappa shape index (κ1) is 14.1. The Morgan fingerprint density at radius 2 is 1.84 bits per heavy atom. The lowest BCUT2D eigenvalue weighted by Gasteiger charge is -2.18. The van der Waals surface area contributed by atoms with Crippen LogP contribution >= 0.6 is 15.9 Å². The molecule has 0 saturated heterocycles. The van der Waals surface area contributed by atoms with E-state index < -0.39 is 0 Å². The summed E-state index contributed by atoms with van der Waals surface area (Å²) < 4.78 is 6.72. The molecular formula is C16H18BrNO. The molecule has 0 heterocycles. The molecule has 0 amide bonds. The summed E-state index contributed by atoms with van der Waals surface area (Å²) >= 11 is 3.44. The zero-order valence-electron chi connectivity index (χ0n) is 11.2. The Kier molecular flexibility index (Phi) is 4.61. The molecule has 2 rings (SSSR count). The van der Waals surface area contributed by atoms with Crippen molar-refractivity contribution in [1.82, 2.24) is 0 Å². The molecule has 0 bridgehead atoms. The van der Waals surface area contributed by atoms with E-state index in [9.17, 15) is 0 Å². The van der Waals surface area contributed by atoms with Crippen molar-refractivity contribution in [2.24, 2.45) is 5.73 Å². The fraction of sp³-hybridized carbons (Fsp3) is 0.250. The molecule has 2 N–H and O–H groups in total. The first-order valence-corrected chi connectivity index (χ1v) is 7.15. The first-order valence-electron chi connectivity index (χ1n) is 6.36. The molecule has 0 aliphatic carbocycles. The molecule has 0 aliphatic heterocycles. The molecule has 1 unspecified atom stereocenters. The van der Waals surface area contributed by atoms with E-state index >= 15 is 0 Å². The van der Waals surface area contributed by atoms with Gasteiger partial charge in [0.05, 0.1) is 12.6 Å². The van der Waals surface area contributed by atoms with E-state index in [1.807, 2.05) is 43.3 Å². The standard InChI is InChI=1S/C16H18BrNO/c1-3-19-15-9-4-11(2)10-14(15)16(18)12-5-7-13(17)8-6-12/h4-10,16H,3,18H2,1-2H3. The third kappa shape index (κ3) is 3.37. The van der Waals surface area contributed by atoms with Gasteiger partial charge < -0.3 is 10.5 Å². The largest absolute Gasteiger partial charge is 0.494 e. The van der Waals surface area contributed by atoms with E-state index in [0.717, 1.165) is 21.3 Å². The van der Waals surface area contributed by atoms with Gasteiger partial charge in [0.25, 0.3) is 0 Å². The second-order valence-corrected chi connectivity index (χ2v) is 5.42. The van der Waals surface area contributed by atoms with Gasteiger partial charge in [0.2, 0.25) is 0 Å². The summed E-state index contributed by atoms with van der Waals surface area (Å²) in [6, 6.07) is 14.0. The normalized spacial score (nSPS) is 12.2. The van der Waals surface area contributed by atoms with Gasteiger partial charge in [-0.05, 0) is 37.6 Å². The molecule has 100 valence electrons. The van der Waals surface area contributed by atoms with Gasteiger partial charge in [-0.25, -0.2) is 0 Å². The van der Waals surface area contributed by atoms with Gasteiger partial charge >= 0.3 is 0 Å². The lowest BCUT2D eigenvalue weighted by atomic mass is 9.97. The van der Waals surface area contributed by atoms with E-state index in [1.54, 1.807) is 0 Å². The predicted molar refractivity (Wildman–Crippen MR) is 82.5 cm³/mol. The van der Waals surface area contributed by atoms with Gasteiger partial charge in [0.1, 0.15) is 5.75 Å². The number of halogens is 1. The summed E-state index contributed by atoms with van der Waals surface area (Å²) in [5.74, 6) is 0.864. The minimum Gasteiger partial charge on any atom is -0.494 e. The van der Waals surface area contributed by atoms with Crippen LogP contribution in [0.1, 0.15) is 29.7 Å². The van der Waals surface area contributed by atoms with Crippen molar-refractivity contribution in [2.45, 2.75) is 19.9 Å². The van der Waals surface area contributed by atoms with Crippen LogP contribution in [-0.2, 0) is 0 Å². The second-order valence-electron chi connectivity index (χ2n) is 4.50. The Morgan fingerprint density at radius 1 is 1.16 bits per heavy atom. The lowest BCUT2D eigenvalue weighted by molar-refractivity contribution is 0.335. The fourth-order valence-corrected chi connectivity index (χ4v) is 2.31. The van der Waals surface area contributed by atoms with Gasteiger partial charge in [0, 0.05) is 10.0 Å². The molecule has 2 aromatic carbocycles. The Labute approximate surface area is 122 Å². The Bertz CT molecular complexity index is 551. The Balaban J connectivity index is 2.39.